The maximum Gasteiger partial charge on any atom is 0.216 e. The van der Waals surface area contributed by atoms with Crippen LogP contribution in [0.1, 0.15) is 31.7 Å². The van der Waals surface area contributed by atoms with Crippen molar-refractivity contribution >= 4 is 16.8 Å². The molecule has 0 unspecified atom stereocenters. The number of aromatic hydroxyl groups is 1. The predicted molar refractivity (Wildman–Crippen MR) is 78.8 cm³/mol. The second kappa shape index (κ2) is 4.54. The van der Waals surface area contributed by atoms with E-state index in [9.17, 15) is 9.90 Å². The van der Waals surface area contributed by atoms with E-state index in [1.54, 1.807) is 13.0 Å². The Morgan fingerprint density at radius 3 is 2.80 bits per heavy atom. The van der Waals surface area contributed by atoms with Crippen LogP contribution in [0.15, 0.2) is 24.4 Å². The highest BCUT2D eigenvalue weighted by atomic mass is 16.3. The van der Waals surface area contributed by atoms with Crippen LogP contribution < -0.4 is 5.32 Å². The lowest BCUT2D eigenvalue weighted by molar-refractivity contribution is -0.119. The number of aryl methyl sites for hydroxylation is 1. The van der Waals surface area contributed by atoms with Crippen molar-refractivity contribution in [3.8, 4) is 5.75 Å². The molecule has 4 heteroatoms. The van der Waals surface area contributed by atoms with Crippen LogP contribution in [0.5, 0.6) is 5.75 Å². The summed E-state index contributed by atoms with van der Waals surface area (Å²) in [6.07, 6.45) is 5.50. The van der Waals surface area contributed by atoms with E-state index >= 15 is 0 Å². The zero-order chi connectivity index (χ0) is 14.3. The molecule has 1 aliphatic rings. The van der Waals surface area contributed by atoms with E-state index in [1.165, 1.54) is 12.0 Å². The van der Waals surface area contributed by atoms with Gasteiger partial charge in [0.15, 0.2) is 0 Å². The fraction of sp³-hybridized carbons (Fsp3) is 0.438. The third-order valence-electron chi connectivity index (χ3n) is 4.53. The number of benzene rings is 1. The standard InChI is InChI=1S/C16H20N2O2/c1-11(19)17-10-16(6-3-7-16)14-9-18(2)15-5-4-12(20)8-13(14)15/h4-5,8-9,20H,3,6-7,10H2,1-2H3,(H,17,19). The average molecular weight is 272 g/mol. The molecule has 0 spiro atoms. The summed E-state index contributed by atoms with van der Waals surface area (Å²) >= 11 is 0. The maximum atomic E-state index is 11.2. The molecule has 2 aromatic rings. The largest absolute Gasteiger partial charge is 0.508 e. The highest BCUT2D eigenvalue weighted by Crippen LogP contribution is 2.46. The first-order valence-electron chi connectivity index (χ1n) is 7.05. The lowest BCUT2D eigenvalue weighted by atomic mass is 9.64. The van der Waals surface area contributed by atoms with Gasteiger partial charge in [0.2, 0.25) is 5.91 Å². The van der Waals surface area contributed by atoms with Gasteiger partial charge in [-0.1, -0.05) is 6.42 Å². The van der Waals surface area contributed by atoms with Crippen molar-refractivity contribution in [1.82, 2.24) is 9.88 Å². The van der Waals surface area contributed by atoms with Gasteiger partial charge in [-0.15, -0.1) is 0 Å². The molecule has 1 aromatic heterocycles. The lowest BCUT2D eigenvalue weighted by Gasteiger charge is -2.42. The van der Waals surface area contributed by atoms with Crippen molar-refractivity contribution in [3.63, 3.8) is 0 Å². The Bertz CT molecular complexity index is 668. The Kier molecular flexibility index (Phi) is 2.96. The van der Waals surface area contributed by atoms with Gasteiger partial charge in [0, 0.05) is 43.0 Å². The third kappa shape index (κ3) is 1.96. The number of rotatable bonds is 3. The summed E-state index contributed by atoms with van der Waals surface area (Å²) in [5.74, 6) is 0.304. The molecule has 1 aliphatic carbocycles. The number of aromatic nitrogens is 1. The SMILES string of the molecule is CC(=O)NCC1(c2cn(C)c3ccc(O)cc23)CCC1. The molecule has 0 aliphatic heterocycles. The minimum Gasteiger partial charge on any atom is -0.508 e. The Labute approximate surface area is 118 Å². The summed E-state index contributed by atoms with van der Waals surface area (Å²) in [6.45, 7) is 2.23. The number of amides is 1. The number of phenolic OH excluding ortho intramolecular Hbond substituents is 1. The van der Waals surface area contributed by atoms with Crippen molar-refractivity contribution < 1.29 is 9.90 Å². The first kappa shape index (κ1) is 13.0. The highest BCUT2D eigenvalue weighted by molar-refractivity contribution is 5.86. The van der Waals surface area contributed by atoms with Gasteiger partial charge >= 0.3 is 0 Å². The van der Waals surface area contributed by atoms with Crippen molar-refractivity contribution in [2.45, 2.75) is 31.6 Å². The van der Waals surface area contributed by atoms with Crippen molar-refractivity contribution in [2.75, 3.05) is 6.54 Å². The molecule has 1 heterocycles. The molecular weight excluding hydrogens is 252 g/mol. The van der Waals surface area contributed by atoms with Gasteiger partial charge in [0.25, 0.3) is 0 Å². The molecule has 2 N–H and O–H groups in total. The molecule has 1 saturated carbocycles. The number of carbonyl (C=O) groups is 1. The molecule has 0 radical (unpaired) electrons. The van der Waals surface area contributed by atoms with E-state index in [4.69, 9.17) is 0 Å². The quantitative estimate of drug-likeness (QED) is 0.901. The summed E-state index contributed by atoms with van der Waals surface area (Å²) in [7, 11) is 2.02. The van der Waals surface area contributed by atoms with Crippen molar-refractivity contribution in [2.24, 2.45) is 7.05 Å². The van der Waals surface area contributed by atoms with Crippen molar-refractivity contribution in [1.29, 1.82) is 0 Å². The normalized spacial score (nSPS) is 16.9. The molecule has 0 bridgehead atoms. The van der Waals surface area contributed by atoms with Crippen molar-refractivity contribution in [3.05, 3.63) is 30.0 Å². The Morgan fingerprint density at radius 2 is 2.20 bits per heavy atom. The fourth-order valence-corrected chi connectivity index (χ4v) is 3.24. The minimum atomic E-state index is 0.0133. The third-order valence-corrected chi connectivity index (χ3v) is 4.53. The molecule has 3 rings (SSSR count). The number of nitrogens with zero attached hydrogens (tertiary/aromatic N) is 1. The average Bonchev–Trinajstić information content (AvgIpc) is 2.65. The summed E-state index contributed by atoms with van der Waals surface area (Å²) in [5.41, 5.74) is 2.39. The van der Waals surface area contributed by atoms with E-state index < -0.39 is 0 Å². The van der Waals surface area contributed by atoms with Gasteiger partial charge in [0.1, 0.15) is 5.75 Å². The Hall–Kier alpha value is -1.97. The van der Waals surface area contributed by atoms with E-state index in [0.717, 1.165) is 23.7 Å². The van der Waals surface area contributed by atoms with Crippen LogP contribution in [0.3, 0.4) is 0 Å². The van der Waals surface area contributed by atoms with Crippen LogP contribution in [-0.2, 0) is 17.3 Å². The van der Waals surface area contributed by atoms with Gasteiger partial charge in [-0.05, 0) is 36.6 Å². The van der Waals surface area contributed by atoms with Crippen LogP contribution in [0.2, 0.25) is 0 Å². The number of hydrogen-bond acceptors (Lipinski definition) is 2. The van der Waals surface area contributed by atoms with E-state index in [-0.39, 0.29) is 11.3 Å². The monoisotopic (exact) mass is 272 g/mol. The van der Waals surface area contributed by atoms with Gasteiger partial charge in [-0.3, -0.25) is 4.79 Å². The molecule has 1 amide bonds. The number of carbonyl (C=O) groups excluding carboxylic acids is 1. The molecule has 1 aromatic carbocycles. The predicted octanol–water partition coefficient (Wildman–Crippen LogP) is 2.44. The Balaban J connectivity index is 2.07. The van der Waals surface area contributed by atoms with Crippen LogP contribution in [-0.4, -0.2) is 22.1 Å². The Morgan fingerprint density at radius 1 is 1.45 bits per heavy atom. The maximum absolute atomic E-state index is 11.2. The van der Waals surface area contributed by atoms with Gasteiger partial charge in [0.05, 0.1) is 0 Å². The topological polar surface area (TPSA) is 54.3 Å². The van der Waals surface area contributed by atoms with Gasteiger partial charge in [-0.2, -0.15) is 0 Å². The van der Waals surface area contributed by atoms with Crippen LogP contribution in [0.25, 0.3) is 10.9 Å². The summed E-state index contributed by atoms with van der Waals surface area (Å²) in [5, 5.41) is 13.8. The zero-order valence-electron chi connectivity index (χ0n) is 11.9. The molecule has 20 heavy (non-hydrogen) atoms. The fourth-order valence-electron chi connectivity index (χ4n) is 3.24. The van der Waals surface area contributed by atoms with Crippen LogP contribution in [0, 0.1) is 0 Å². The number of nitrogens with one attached hydrogen (secondary N) is 1. The smallest absolute Gasteiger partial charge is 0.216 e. The molecule has 0 saturated heterocycles. The van der Waals surface area contributed by atoms with Crippen LogP contribution >= 0.6 is 0 Å². The molecule has 0 atom stereocenters. The first-order valence-corrected chi connectivity index (χ1v) is 7.05. The zero-order valence-corrected chi connectivity index (χ0v) is 11.9. The lowest BCUT2D eigenvalue weighted by Crippen LogP contribution is -2.45. The number of phenols is 1. The molecule has 106 valence electrons. The van der Waals surface area contributed by atoms with Gasteiger partial charge in [-0.25, -0.2) is 0 Å². The van der Waals surface area contributed by atoms with E-state index in [2.05, 4.69) is 16.1 Å². The highest BCUT2D eigenvalue weighted by Gasteiger charge is 2.40. The summed E-state index contributed by atoms with van der Waals surface area (Å²) in [6, 6.07) is 5.49. The second-order valence-corrected chi connectivity index (χ2v) is 5.90. The van der Waals surface area contributed by atoms with Gasteiger partial charge < -0.3 is 15.0 Å². The van der Waals surface area contributed by atoms with Crippen LogP contribution in [0.4, 0.5) is 0 Å². The van der Waals surface area contributed by atoms with E-state index in [0.29, 0.717) is 12.3 Å². The summed E-state index contributed by atoms with van der Waals surface area (Å²) in [4.78, 5) is 11.2. The number of hydrogen-bond donors (Lipinski definition) is 2. The molecular formula is C16H20N2O2. The number of fused-ring (bicyclic) bond motifs is 1. The summed E-state index contributed by atoms with van der Waals surface area (Å²) < 4.78 is 2.10. The molecule has 1 fully saturated rings. The first-order chi connectivity index (χ1) is 9.52. The molecule has 4 nitrogen and oxygen atoms in total. The second-order valence-electron chi connectivity index (χ2n) is 5.90. The van der Waals surface area contributed by atoms with E-state index in [1.807, 2.05) is 19.2 Å². The minimum absolute atomic E-state index is 0.0133.